The number of carbonyl (C=O) groups excluding carboxylic acids is 1. The van der Waals surface area contributed by atoms with E-state index in [1.54, 1.807) is 14.2 Å². The molecular weight excluding hydrogens is 440 g/mol. The Hall–Kier alpha value is -3.77. The Morgan fingerprint density at radius 1 is 0.971 bits per heavy atom. The van der Waals surface area contributed by atoms with Crippen molar-refractivity contribution in [2.24, 2.45) is 7.05 Å². The number of rotatable bonds is 11. The normalized spacial score (nSPS) is 11.9. The molecule has 3 aromatic carbocycles. The first-order valence-corrected chi connectivity index (χ1v) is 11.7. The summed E-state index contributed by atoms with van der Waals surface area (Å²) < 4.78 is 18.9. The molecule has 1 amide bonds. The van der Waals surface area contributed by atoms with Crippen LogP contribution < -0.4 is 14.8 Å². The van der Waals surface area contributed by atoms with Gasteiger partial charge in [0.25, 0.3) is 0 Å². The van der Waals surface area contributed by atoms with Crippen LogP contribution in [0.3, 0.4) is 0 Å². The molecule has 1 N–H and O–H groups in total. The van der Waals surface area contributed by atoms with Crippen LogP contribution >= 0.6 is 0 Å². The van der Waals surface area contributed by atoms with E-state index >= 15 is 0 Å². The van der Waals surface area contributed by atoms with Gasteiger partial charge in [0.2, 0.25) is 5.91 Å². The van der Waals surface area contributed by atoms with E-state index in [4.69, 9.17) is 14.2 Å². The maximum atomic E-state index is 12.9. The van der Waals surface area contributed by atoms with Crippen LogP contribution in [-0.4, -0.2) is 37.8 Å². The number of hydrogen-bond acceptors (Lipinski definition) is 4. The minimum absolute atomic E-state index is 0.0247. The highest BCUT2D eigenvalue weighted by Crippen LogP contribution is 2.38. The highest BCUT2D eigenvalue weighted by molar-refractivity contribution is 5.86. The number of hydrogen-bond donors (Lipinski definition) is 1. The summed E-state index contributed by atoms with van der Waals surface area (Å²) in [6.07, 6.45) is 2.43. The zero-order chi connectivity index (χ0) is 24.6. The standard InChI is InChI=1S/C29H32N2O4/c1-31-19-25(23-11-7-8-12-26(23)31)24(18-29(32)30-15-16-33-2)22-13-14-27(28(17-22)34-3)35-20-21-9-5-4-6-10-21/h4-14,17,19,24H,15-16,18,20H2,1-3H3,(H,30,32)/t24-/m0/s1. The van der Waals surface area contributed by atoms with Crippen molar-refractivity contribution in [1.29, 1.82) is 0 Å². The molecular formula is C29H32N2O4. The lowest BCUT2D eigenvalue weighted by molar-refractivity contribution is -0.121. The monoisotopic (exact) mass is 472 g/mol. The van der Waals surface area contributed by atoms with Gasteiger partial charge in [-0.05, 0) is 34.9 Å². The number of para-hydroxylation sites is 1. The molecule has 182 valence electrons. The molecule has 0 spiro atoms. The van der Waals surface area contributed by atoms with Gasteiger partial charge in [-0.1, -0.05) is 54.6 Å². The topological polar surface area (TPSA) is 61.7 Å². The fourth-order valence-electron chi connectivity index (χ4n) is 4.36. The summed E-state index contributed by atoms with van der Waals surface area (Å²) in [6.45, 7) is 1.41. The van der Waals surface area contributed by atoms with Gasteiger partial charge in [0.1, 0.15) is 6.61 Å². The van der Waals surface area contributed by atoms with E-state index < -0.39 is 0 Å². The molecule has 6 heteroatoms. The van der Waals surface area contributed by atoms with Gasteiger partial charge in [0.15, 0.2) is 11.5 Å². The molecule has 0 aliphatic heterocycles. The van der Waals surface area contributed by atoms with Crippen molar-refractivity contribution in [2.75, 3.05) is 27.4 Å². The molecule has 0 aliphatic rings. The molecule has 1 heterocycles. The van der Waals surface area contributed by atoms with Crippen LogP contribution in [0.1, 0.15) is 29.0 Å². The van der Waals surface area contributed by atoms with Gasteiger partial charge in [-0.15, -0.1) is 0 Å². The summed E-state index contributed by atoms with van der Waals surface area (Å²) in [7, 11) is 5.29. The maximum absolute atomic E-state index is 12.9. The number of aryl methyl sites for hydroxylation is 1. The van der Waals surface area contributed by atoms with Crippen molar-refractivity contribution >= 4 is 16.8 Å². The Bertz CT molecular complexity index is 1270. The Labute approximate surface area is 206 Å². The van der Waals surface area contributed by atoms with Gasteiger partial charge in [-0.25, -0.2) is 0 Å². The van der Waals surface area contributed by atoms with E-state index in [1.807, 2.05) is 67.7 Å². The minimum Gasteiger partial charge on any atom is -0.493 e. The second kappa shape index (κ2) is 11.6. The molecule has 4 aromatic rings. The first kappa shape index (κ1) is 24.4. The lowest BCUT2D eigenvalue weighted by Crippen LogP contribution is -2.28. The van der Waals surface area contributed by atoms with Crippen molar-refractivity contribution in [1.82, 2.24) is 9.88 Å². The summed E-state index contributed by atoms with van der Waals surface area (Å²) in [5, 5.41) is 4.09. The third kappa shape index (κ3) is 5.84. The van der Waals surface area contributed by atoms with Gasteiger partial charge >= 0.3 is 0 Å². The third-order valence-corrected chi connectivity index (χ3v) is 6.15. The van der Waals surface area contributed by atoms with Gasteiger partial charge < -0.3 is 24.1 Å². The molecule has 0 fully saturated rings. The van der Waals surface area contributed by atoms with Crippen molar-refractivity contribution in [3.05, 3.63) is 95.7 Å². The van der Waals surface area contributed by atoms with Crippen molar-refractivity contribution in [3.63, 3.8) is 0 Å². The lowest BCUT2D eigenvalue weighted by atomic mass is 9.87. The fourth-order valence-corrected chi connectivity index (χ4v) is 4.36. The highest BCUT2D eigenvalue weighted by Gasteiger charge is 2.23. The predicted octanol–water partition coefficient (Wildman–Crippen LogP) is 5.05. The van der Waals surface area contributed by atoms with Gasteiger partial charge in [0, 0.05) is 50.1 Å². The number of carbonyl (C=O) groups is 1. The summed E-state index contributed by atoms with van der Waals surface area (Å²) in [5.74, 6) is 1.13. The number of ether oxygens (including phenoxy) is 3. The molecule has 1 atom stereocenters. The van der Waals surface area contributed by atoms with E-state index in [0.717, 1.165) is 27.6 Å². The molecule has 4 rings (SSSR count). The van der Waals surface area contributed by atoms with Crippen LogP contribution in [0.4, 0.5) is 0 Å². The van der Waals surface area contributed by atoms with Gasteiger partial charge in [-0.2, -0.15) is 0 Å². The molecule has 0 saturated carbocycles. The first-order chi connectivity index (χ1) is 17.1. The predicted molar refractivity (Wildman–Crippen MR) is 138 cm³/mol. The van der Waals surface area contributed by atoms with E-state index in [-0.39, 0.29) is 11.8 Å². The Morgan fingerprint density at radius 2 is 1.74 bits per heavy atom. The summed E-state index contributed by atoms with van der Waals surface area (Å²) in [5.41, 5.74) is 4.30. The van der Waals surface area contributed by atoms with E-state index in [1.165, 1.54) is 0 Å². The van der Waals surface area contributed by atoms with E-state index in [0.29, 0.717) is 37.7 Å². The van der Waals surface area contributed by atoms with Crippen LogP contribution in [0.2, 0.25) is 0 Å². The molecule has 35 heavy (non-hydrogen) atoms. The van der Waals surface area contributed by atoms with Crippen LogP contribution in [0.15, 0.2) is 79.0 Å². The highest BCUT2D eigenvalue weighted by atomic mass is 16.5. The number of aromatic nitrogens is 1. The molecule has 0 aliphatic carbocycles. The average molecular weight is 473 g/mol. The first-order valence-electron chi connectivity index (χ1n) is 11.7. The molecule has 0 unspecified atom stereocenters. The number of methoxy groups -OCH3 is 2. The van der Waals surface area contributed by atoms with Crippen LogP contribution in [0.5, 0.6) is 11.5 Å². The second-order valence-corrected chi connectivity index (χ2v) is 8.50. The number of nitrogens with one attached hydrogen (secondary N) is 1. The molecule has 1 aromatic heterocycles. The van der Waals surface area contributed by atoms with Gasteiger partial charge in [0.05, 0.1) is 13.7 Å². The largest absolute Gasteiger partial charge is 0.493 e. The summed E-state index contributed by atoms with van der Waals surface area (Å²) >= 11 is 0. The molecule has 0 radical (unpaired) electrons. The quantitative estimate of drug-likeness (QED) is 0.310. The second-order valence-electron chi connectivity index (χ2n) is 8.50. The smallest absolute Gasteiger partial charge is 0.221 e. The van der Waals surface area contributed by atoms with Crippen LogP contribution in [0.25, 0.3) is 10.9 Å². The van der Waals surface area contributed by atoms with Crippen LogP contribution in [-0.2, 0) is 23.2 Å². The number of nitrogens with zero attached hydrogens (tertiary/aromatic N) is 1. The fraction of sp³-hybridized carbons (Fsp3) is 0.276. The van der Waals surface area contributed by atoms with Crippen molar-refractivity contribution < 1.29 is 19.0 Å². The van der Waals surface area contributed by atoms with Gasteiger partial charge in [-0.3, -0.25) is 4.79 Å². The third-order valence-electron chi connectivity index (χ3n) is 6.15. The zero-order valence-electron chi connectivity index (χ0n) is 20.5. The van der Waals surface area contributed by atoms with E-state index in [9.17, 15) is 4.79 Å². The van der Waals surface area contributed by atoms with Crippen molar-refractivity contribution in [2.45, 2.75) is 18.9 Å². The Morgan fingerprint density at radius 3 is 2.51 bits per heavy atom. The molecule has 0 bridgehead atoms. The van der Waals surface area contributed by atoms with Crippen molar-refractivity contribution in [3.8, 4) is 11.5 Å². The number of fused-ring (bicyclic) bond motifs is 1. The number of benzene rings is 3. The Balaban J connectivity index is 1.66. The minimum atomic E-state index is -0.152. The zero-order valence-corrected chi connectivity index (χ0v) is 20.5. The molecule has 0 saturated heterocycles. The van der Waals surface area contributed by atoms with Crippen LogP contribution in [0, 0.1) is 0 Å². The SMILES string of the molecule is COCCNC(=O)C[C@@H](c1ccc(OCc2ccccc2)c(OC)c1)c1cn(C)c2ccccc12. The maximum Gasteiger partial charge on any atom is 0.221 e. The average Bonchev–Trinajstić information content (AvgIpc) is 3.23. The van der Waals surface area contributed by atoms with E-state index in [2.05, 4.69) is 28.2 Å². The summed E-state index contributed by atoms with van der Waals surface area (Å²) in [6, 6.07) is 24.2. The summed E-state index contributed by atoms with van der Waals surface area (Å²) in [4.78, 5) is 12.9. The lowest BCUT2D eigenvalue weighted by Gasteiger charge is -2.19. The number of amides is 1. The molecule has 6 nitrogen and oxygen atoms in total. The Kier molecular flexibility index (Phi) is 8.06.